The minimum absolute atomic E-state index is 0.636. The minimum Gasteiger partial charge on any atom is -0.309 e. The van der Waals surface area contributed by atoms with Crippen molar-refractivity contribution in [2.45, 2.75) is 45.6 Å². The van der Waals surface area contributed by atoms with Crippen LogP contribution in [-0.2, 0) is 0 Å². The third kappa shape index (κ3) is 2.61. The first-order chi connectivity index (χ1) is 7.31. The van der Waals surface area contributed by atoms with Gasteiger partial charge in [-0.2, -0.15) is 0 Å². The van der Waals surface area contributed by atoms with Crippen LogP contribution in [0.5, 0.6) is 0 Å². The predicted molar refractivity (Wildman–Crippen MR) is 67.4 cm³/mol. The maximum atomic E-state index is 3.71. The molecule has 1 aliphatic carbocycles. The Morgan fingerprint density at radius 1 is 1.47 bits per heavy atom. The van der Waals surface area contributed by atoms with Crippen LogP contribution >= 0.6 is 11.3 Å². The van der Waals surface area contributed by atoms with Gasteiger partial charge in [-0.1, -0.05) is 13.3 Å². The van der Waals surface area contributed by atoms with Crippen LogP contribution < -0.4 is 5.32 Å². The SMILES string of the molecule is CCCNC(c1ccc(C)s1)C1CCC1. The molecule has 0 spiro atoms. The van der Waals surface area contributed by atoms with E-state index in [2.05, 4.69) is 31.3 Å². The van der Waals surface area contributed by atoms with Gasteiger partial charge in [0.2, 0.25) is 0 Å². The molecule has 1 fully saturated rings. The molecule has 15 heavy (non-hydrogen) atoms. The van der Waals surface area contributed by atoms with Gasteiger partial charge in [0.15, 0.2) is 0 Å². The molecule has 1 unspecified atom stereocenters. The lowest BCUT2D eigenvalue weighted by Gasteiger charge is -2.34. The second kappa shape index (κ2) is 5.13. The summed E-state index contributed by atoms with van der Waals surface area (Å²) in [6.07, 6.45) is 5.49. The summed E-state index contributed by atoms with van der Waals surface area (Å²) in [5, 5.41) is 3.71. The van der Waals surface area contributed by atoms with Crippen LogP contribution in [0.3, 0.4) is 0 Å². The predicted octanol–water partition coefficient (Wildman–Crippen LogP) is 3.90. The Bertz CT molecular complexity index is 301. The zero-order valence-corrected chi connectivity index (χ0v) is 10.6. The molecule has 0 aliphatic heterocycles. The average molecular weight is 223 g/mol. The van der Waals surface area contributed by atoms with E-state index >= 15 is 0 Å². The molecule has 0 saturated heterocycles. The van der Waals surface area contributed by atoms with Gasteiger partial charge < -0.3 is 5.32 Å². The highest BCUT2D eigenvalue weighted by molar-refractivity contribution is 7.12. The molecule has 1 N–H and O–H groups in total. The molecular weight excluding hydrogens is 202 g/mol. The lowest BCUT2D eigenvalue weighted by molar-refractivity contribution is 0.234. The Morgan fingerprint density at radius 3 is 2.73 bits per heavy atom. The molecule has 2 rings (SSSR count). The summed E-state index contributed by atoms with van der Waals surface area (Å²) in [5.41, 5.74) is 0. The smallest absolute Gasteiger partial charge is 0.0443 e. The Balaban J connectivity index is 2.03. The van der Waals surface area contributed by atoms with Crippen LogP contribution in [-0.4, -0.2) is 6.54 Å². The molecule has 1 saturated carbocycles. The number of aryl methyl sites for hydroxylation is 1. The van der Waals surface area contributed by atoms with Crippen LogP contribution in [0.4, 0.5) is 0 Å². The molecule has 1 aromatic heterocycles. The molecule has 84 valence electrons. The fraction of sp³-hybridized carbons (Fsp3) is 0.692. The number of nitrogens with one attached hydrogen (secondary N) is 1. The van der Waals surface area contributed by atoms with Crippen LogP contribution in [0.2, 0.25) is 0 Å². The van der Waals surface area contributed by atoms with Crippen molar-refractivity contribution in [3.63, 3.8) is 0 Å². The van der Waals surface area contributed by atoms with Crippen molar-refractivity contribution in [1.82, 2.24) is 5.32 Å². The first kappa shape index (κ1) is 11.2. The number of hydrogen-bond acceptors (Lipinski definition) is 2. The van der Waals surface area contributed by atoms with Crippen LogP contribution in [0.25, 0.3) is 0 Å². The second-order valence-electron chi connectivity index (χ2n) is 4.57. The van der Waals surface area contributed by atoms with E-state index in [1.54, 1.807) is 4.88 Å². The van der Waals surface area contributed by atoms with E-state index in [-0.39, 0.29) is 0 Å². The van der Waals surface area contributed by atoms with E-state index in [0.29, 0.717) is 6.04 Å². The average Bonchev–Trinajstić information content (AvgIpc) is 2.56. The monoisotopic (exact) mass is 223 g/mol. The zero-order valence-electron chi connectivity index (χ0n) is 9.75. The standard InChI is InChI=1S/C13H21NS/c1-3-9-14-13(11-5-4-6-11)12-8-7-10(2)15-12/h7-8,11,13-14H,3-6,9H2,1-2H3. The van der Waals surface area contributed by atoms with Gasteiger partial charge in [-0.25, -0.2) is 0 Å². The molecule has 1 aliphatic rings. The number of rotatable bonds is 5. The minimum atomic E-state index is 0.636. The van der Waals surface area contributed by atoms with Crippen LogP contribution in [0.15, 0.2) is 12.1 Å². The van der Waals surface area contributed by atoms with Crippen molar-refractivity contribution in [2.24, 2.45) is 5.92 Å². The van der Waals surface area contributed by atoms with E-state index in [4.69, 9.17) is 0 Å². The van der Waals surface area contributed by atoms with E-state index in [9.17, 15) is 0 Å². The maximum Gasteiger partial charge on any atom is 0.0443 e. The van der Waals surface area contributed by atoms with Crippen molar-refractivity contribution >= 4 is 11.3 Å². The topological polar surface area (TPSA) is 12.0 Å². The fourth-order valence-corrected chi connectivity index (χ4v) is 3.24. The number of hydrogen-bond donors (Lipinski definition) is 1. The number of thiophene rings is 1. The lowest BCUT2D eigenvalue weighted by Crippen LogP contribution is -2.32. The summed E-state index contributed by atoms with van der Waals surface area (Å²) in [7, 11) is 0. The van der Waals surface area contributed by atoms with Crippen molar-refractivity contribution in [1.29, 1.82) is 0 Å². The first-order valence-electron chi connectivity index (χ1n) is 6.11. The summed E-state index contributed by atoms with van der Waals surface area (Å²) < 4.78 is 0. The van der Waals surface area contributed by atoms with Gasteiger partial charge in [-0.3, -0.25) is 0 Å². The summed E-state index contributed by atoms with van der Waals surface area (Å²) >= 11 is 1.96. The van der Waals surface area contributed by atoms with Gasteiger partial charge in [0.1, 0.15) is 0 Å². The van der Waals surface area contributed by atoms with Crippen molar-refractivity contribution in [2.75, 3.05) is 6.54 Å². The highest BCUT2D eigenvalue weighted by Gasteiger charge is 2.28. The molecule has 2 heteroatoms. The van der Waals surface area contributed by atoms with Gasteiger partial charge in [0, 0.05) is 15.8 Å². The molecular formula is C13H21NS. The molecule has 0 bridgehead atoms. The molecule has 1 nitrogen and oxygen atoms in total. The summed E-state index contributed by atoms with van der Waals surface area (Å²) in [6, 6.07) is 5.20. The van der Waals surface area contributed by atoms with Crippen molar-refractivity contribution in [3.8, 4) is 0 Å². The van der Waals surface area contributed by atoms with E-state index in [0.717, 1.165) is 12.5 Å². The van der Waals surface area contributed by atoms with Crippen LogP contribution in [0.1, 0.15) is 48.4 Å². The zero-order chi connectivity index (χ0) is 10.7. The van der Waals surface area contributed by atoms with Gasteiger partial charge in [-0.15, -0.1) is 11.3 Å². The maximum absolute atomic E-state index is 3.71. The van der Waals surface area contributed by atoms with Crippen LogP contribution in [0, 0.1) is 12.8 Å². The molecule has 0 amide bonds. The normalized spacial score (nSPS) is 18.8. The third-order valence-corrected chi connectivity index (χ3v) is 4.39. The summed E-state index contributed by atoms with van der Waals surface area (Å²) in [4.78, 5) is 2.98. The van der Waals surface area contributed by atoms with Gasteiger partial charge in [0.25, 0.3) is 0 Å². The summed E-state index contributed by atoms with van der Waals surface area (Å²) in [5.74, 6) is 0.898. The molecule has 0 radical (unpaired) electrons. The summed E-state index contributed by atoms with van der Waals surface area (Å²) in [6.45, 7) is 5.59. The van der Waals surface area contributed by atoms with E-state index < -0.39 is 0 Å². The first-order valence-corrected chi connectivity index (χ1v) is 6.92. The Kier molecular flexibility index (Phi) is 3.81. The molecule has 1 heterocycles. The highest BCUT2D eigenvalue weighted by atomic mass is 32.1. The largest absolute Gasteiger partial charge is 0.309 e. The fourth-order valence-electron chi connectivity index (χ4n) is 2.19. The Labute approximate surface area is 96.9 Å². The van der Waals surface area contributed by atoms with Gasteiger partial charge in [-0.05, 0) is 50.8 Å². The van der Waals surface area contributed by atoms with Crippen molar-refractivity contribution in [3.05, 3.63) is 21.9 Å². The quantitative estimate of drug-likeness (QED) is 0.798. The Morgan fingerprint density at radius 2 is 2.27 bits per heavy atom. The lowest BCUT2D eigenvalue weighted by atomic mass is 9.79. The van der Waals surface area contributed by atoms with Gasteiger partial charge in [0.05, 0.1) is 0 Å². The van der Waals surface area contributed by atoms with Gasteiger partial charge >= 0.3 is 0 Å². The second-order valence-corrected chi connectivity index (χ2v) is 5.89. The molecule has 0 aromatic carbocycles. The molecule has 1 aromatic rings. The van der Waals surface area contributed by atoms with Crippen molar-refractivity contribution < 1.29 is 0 Å². The van der Waals surface area contributed by atoms with E-state index in [1.807, 2.05) is 11.3 Å². The molecule has 1 atom stereocenters. The Hall–Kier alpha value is -0.340. The highest BCUT2D eigenvalue weighted by Crippen LogP contribution is 2.39. The third-order valence-electron chi connectivity index (χ3n) is 3.30. The van der Waals surface area contributed by atoms with E-state index in [1.165, 1.54) is 30.6 Å².